The Bertz CT molecular complexity index is 740. The van der Waals surface area contributed by atoms with Gasteiger partial charge >= 0.3 is 18.1 Å². The van der Waals surface area contributed by atoms with Gasteiger partial charge in [-0.1, -0.05) is 30.3 Å². The summed E-state index contributed by atoms with van der Waals surface area (Å²) in [5.74, 6) is -1.81. The highest BCUT2D eigenvalue weighted by atomic mass is 16.8. The number of amides is 1. The topological polar surface area (TPSA) is 117 Å². The predicted octanol–water partition coefficient (Wildman–Crippen LogP) is 2.90. The van der Waals surface area contributed by atoms with Gasteiger partial charge in [0, 0.05) is 12.8 Å². The first-order valence-electron chi connectivity index (χ1n) is 10.0. The third kappa shape index (κ3) is 12.2. The van der Waals surface area contributed by atoms with Gasteiger partial charge in [-0.05, 0) is 40.2 Å². The molecular weight excluding hydrogens is 406 g/mol. The van der Waals surface area contributed by atoms with Crippen LogP contribution in [0.3, 0.4) is 0 Å². The van der Waals surface area contributed by atoms with Crippen LogP contribution in [-0.4, -0.2) is 48.5 Å². The van der Waals surface area contributed by atoms with Crippen molar-refractivity contribution >= 4 is 24.0 Å². The molecule has 0 aliphatic rings. The SMILES string of the molecule is CC(C)OC(=O)OCOC(=O)[C@H](Cc1ccccc1)NC(=O)CCC(=O)OC(C)(C)C. The number of carbonyl (C=O) groups excluding carboxylic acids is 4. The molecule has 1 aromatic rings. The molecule has 1 N–H and O–H groups in total. The second kappa shape index (κ2) is 12.6. The lowest BCUT2D eigenvalue weighted by Gasteiger charge is -2.20. The van der Waals surface area contributed by atoms with Crippen molar-refractivity contribution in [3.8, 4) is 0 Å². The molecule has 1 amide bonds. The fraction of sp³-hybridized carbons (Fsp3) is 0.545. The average molecular weight is 437 g/mol. The molecule has 1 aromatic carbocycles. The van der Waals surface area contributed by atoms with Gasteiger partial charge in [0.2, 0.25) is 12.7 Å². The van der Waals surface area contributed by atoms with Gasteiger partial charge in [-0.2, -0.15) is 0 Å². The molecule has 9 nitrogen and oxygen atoms in total. The summed E-state index contributed by atoms with van der Waals surface area (Å²) in [7, 11) is 0. The Hall–Kier alpha value is -3.10. The maximum absolute atomic E-state index is 12.5. The quantitative estimate of drug-likeness (QED) is 0.337. The van der Waals surface area contributed by atoms with Crippen molar-refractivity contribution in [2.45, 2.75) is 71.6 Å². The third-order valence-electron chi connectivity index (χ3n) is 3.59. The number of rotatable bonds is 10. The number of carbonyl (C=O) groups is 4. The summed E-state index contributed by atoms with van der Waals surface area (Å²) < 4.78 is 19.6. The Balaban J connectivity index is 2.64. The molecule has 0 saturated carbocycles. The number of hydrogen-bond donors (Lipinski definition) is 1. The first-order valence-corrected chi connectivity index (χ1v) is 10.0. The summed E-state index contributed by atoms with van der Waals surface area (Å²) in [5.41, 5.74) is 0.140. The van der Waals surface area contributed by atoms with E-state index in [9.17, 15) is 19.2 Å². The monoisotopic (exact) mass is 437 g/mol. The first kappa shape index (κ1) is 25.9. The highest BCUT2D eigenvalue weighted by molar-refractivity contribution is 5.86. The second-order valence-electron chi connectivity index (χ2n) is 8.04. The van der Waals surface area contributed by atoms with Gasteiger partial charge in [0.1, 0.15) is 11.6 Å². The van der Waals surface area contributed by atoms with E-state index in [2.05, 4.69) is 10.1 Å². The lowest BCUT2D eigenvalue weighted by molar-refractivity contribution is -0.157. The Morgan fingerprint density at radius 2 is 1.61 bits per heavy atom. The van der Waals surface area contributed by atoms with Gasteiger partial charge in [0.05, 0.1) is 12.5 Å². The van der Waals surface area contributed by atoms with Crippen molar-refractivity contribution < 1.29 is 38.1 Å². The number of ether oxygens (including phenoxy) is 4. The van der Waals surface area contributed by atoms with Crippen LogP contribution in [0, 0.1) is 0 Å². The maximum atomic E-state index is 12.5. The van der Waals surface area contributed by atoms with E-state index in [1.807, 2.05) is 6.07 Å². The molecule has 1 atom stereocenters. The Morgan fingerprint density at radius 1 is 0.968 bits per heavy atom. The Morgan fingerprint density at radius 3 is 2.19 bits per heavy atom. The highest BCUT2D eigenvalue weighted by Gasteiger charge is 2.24. The van der Waals surface area contributed by atoms with E-state index in [4.69, 9.17) is 14.2 Å². The molecule has 31 heavy (non-hydrogen) atoms. The van der Waals surface area contributed by atoms with E-state index in [0.717, 1.165) is 5.56 Å². The molecule has 0 aliphatic heterocycles. The number of nitrogens with one attached hydrogen (secondary N) is 1. The number of esters is 2. The van der Waals surface area contributed by atoms with Crippen LogP contribution in [0.25, 0.3) is 0 Å². The van der Waals surface area contributed by atoms with Gasteiger partial charge in [0.15, 0.2) is 0 Å². The minimum Gasteiger partial charge on any atom is -0.460 e. The summed E-state index contributed by atoms with van der Waals surface area (Å²) in [6.07, 6.45) is -1.46. The number of benzene rings is 1. The molecule has 9 heteroatoms. The molecule has 172 valence electrons. The summed E-state index contributed by atoms with van der Waals surface area (Å²) in [4.78, 5) is 47.9. The van der Waals surface area contributed by atoms with Crippen molar-refractivity contribution in [1.29, 1.82) is 0 Å². The number of hydrogen-bond acceptors (Lipinski definition) is 8. The molecule has 0 unspecified atom stereocenters. The summed E-state index contributed by atoms with van der Waals surface area (Å²) in [6.45, 7) is 7.84. The predicted molar refractivity (Wildman–Crippen MR) is 111 cm³/mol. The molecule has 0 saturated heterocycles. The van der Waals surface area contributed by atoms with Crippen molar-refractivity contribution in [2.24, 2.45) is 0 Å². The van der Waals surface area contributed by atoms with E-state index in [-0.39, 0.29) is 25.4 Å². The zero-order valence-electron chi connectivity index (χ0n) is 18.6. The molecule has 1 rings (SSSR count). The minimum atomic E-state index is -1.03. The van der Waals surface area contributed by atoms with Crippen LogP contribution in [0.5, 0.6) is 0 Å². The first-order chi connectivity index (χ1) is 14.5. The summed E-state index contributed by atoms with van der Waals surface area (Å²) in [5, 5.41) is 2.56. The van der Waals surface area contributed by atoms with E-state index in [0.29, 0.717) is 0 Å². The zero-order chi connectivity index (χ0) is 23.4. The van der Waals surface area contributed by atoms with Gasteiger partial charge in [-0.25, -0.2) is 9.59 Å². The lowest BCUT2D eigenvalue weighted by atomic mass is 10.1. The van der Waals surface area contributed by atoms with Crippen LogP contribution in [0.2, 0.25) is 0 Å². The largest absolute Gasteiger partial charge is 0.511 e. The van der Waals surface area contributed by atoms with Crippen molar-refractivity contribution in [3.05, 3.63) is 35.9 Å². The fourth-order valence-corrected chi connectivity index (χ4v) is 2.38. The average Bonchev–Trinajstić information content (AvgIpc) is 2.64. The zero-order valence-corrected chi connectivity index (χ0v) is 18.6. The highest BCUT2D eigenvalue weighted by Crippen LogP contribution is 2.10. The third-order valence-corrected chi connectivity index (χ3v) is 3.59. The molecule has 0 aliphatic carbocycles. The smallest absolute Gasteiger partial charge is 0.460 e. The second-order valence-corrected chi connectivity index (χ2v) is 8.04. The maximum Gasteiger partial charge on any atom is 0.511 e. The molecular formula is C22H31NO8. The van der Waals surface area contributed by atoms with E-state index in [1.165, 1.54) is 0 Å². The van der Waals surface area contributed by atoms with Crippen molar-refractivity contribution in [3.63, 3.8) is 0 Å². The lowest BCUT2D eigenvalue weighted by Crippen LogP contribution is -2.43. The fourth-order valence-electron chi connectivity index (χ4n) is 2.38. The van der Waals surface area contributed by atoms with Crippen LogP contribution in [0.15, 0.2) is 30.3 Å². The molecule has 0 fully saturated rings. The normalized spacial score (nSPS) is 11.9. The Kier molecular flexibility index (Phi) is 10.5. The van der Waals surface area contributed by atoms with E-state index < -0.39 is 42.4 Å². The van der Waals surface area contributed by atoms with Gasteiger partial charge in [0.25, 0.3) is 0 Å². The van der Waals surface area contributed by atoms with Gasteiger partial charge in [-0.15, -0.1) is 0 Å². The minimum absolute atomic E-state index is 0.125. The van der Waals surface area contributed by atoms with Crippen molar-refractivity contribution in [1.82, 2.24) is 5.32 Å². The molecule has 0 radical (unpaired) electrons. The molecule has 0 aromatic heterocycles. The molecule has 0 bridgehead atoms. The Labute approximate surface area is 182 Å². The standard InChI is InChI=1S/C22H31NO8/c1-15(2)30-21(27)29-14-28-20(26)17(13-16-9-7-6-8-10-16)23-18(24)11-12-19(25)31-22(3,4)5/h6-10,15,17H,11-14H2,1-5H3,(H,23,24)/t17-/m0/s1. The van der Waals surface area contributed by atoms with Crippen LogP contribution >= 0.6 is 0 Å². The summed E-state index contributed by atoms with van der Waals surface area (Å²) >= 11 is 0. The van der Waals surface area contributed by atoms with Crippen LogP contribution in [-0.2, 0) is 39.8 Å². The molecule has 0 spiro atoms. The van der Waals surface area contributed by atoms with Gasteiger partial charge < -0.3 is 24.3 Å². The van der Waals surface area contributed by atoms with Crippen LogP contribution in [0.4, 0.5) is 4.79 Å². The van der Waals surface area contributed by atoms with Crippen molar-refractivity contribution in [2.75, 3.05) is 6.79 Å². The van der Waals surface area contributed by atoms with Crippen LogP contribution < -0.4 is 5.32 Å². The summed E-state index contributed by atoms with van der Waals surface area (Å²) in [6, 6.07) is 7.98. The van der Waals surface area contributed by atoms with Crippen LogP contribution in [0.1, 0.15) is 53.0 Å². The van der Waals surface area contributed by atoms with E-state index in [1.54, 1.807) is 58.9 Å². The van der Waals surface area contributed by atoms with Gasteiger partial charge in [-0.3, -0.25) is 9.59 Å². The molecule has 0 heterocycles. The van der Waals surface area contributed by atoms with E-state index >= 15 is 0 Å².